The molecule has 0 fully saturated rings. The van der Waals surface area contributed by atoms with Crippen molar-refractivity contribution in [3.8, 4) is 0 Å². The van der Waals surface area contributed by atoms with Gasteiger partial charge in [0.1, 0.15) is 11.5 Å². The summed E-state index contributed by atoms with van der Waals surface area (Å²) in [5.74, 6) is -2.94. The van der Waals surface area contributed by atoms with Gasteiger partial charge in [-0.3, -0.25) is 0 Å². The summed E-state index contributed by atoms with van der Waals surface area (Å²) in [6.07, 6.45) is 0. The smallest absolute Gasteiger partial charge is 0.152 e. The quantitative estimate of drug-likeness (QED) is 0.839. The van der Waals surface area contributed by atoms with E-state index in [9.17, 15) is 13.2 Å². The molecule has 0 aliphatic heterocycles. The van der Waals surface area contributed by atoms with Crippen LogP contribution in [0.4, 0.5) is 18.9 Å². The second-order valence-corrected chi connectivity index (χ2v) is 4.66. The molecule has 0 bridgehead atoms. The minimum absolute atomic E-state index is 0.135. The highest BCUT2D eigenvalue weighted by molar-refractivity contribution is 6.42. The Kier molecular flexibility index (Phi) is 4.22. The predicted octanol–water partition coefficient (Wildman–Crippen LogP) is 5.02. The molecule has 0 spiro atoms. The summed E-state index contributed by atoms with van der Waals surface area (Å²) >= 11 is 11.6. The van der Waals surface area contributed by atoms with Crippen LogP contribution >= 0.6 is 23.2 Å². The van der Waals surface area contributed by atoms with Crippen molar-refractivity contribution in [2.75, 3.05) is 5.32 Å². The van der Waals surface area contributed by atoms with E-state index in [1.54, 1.807) is 18.2 Å². The minimum Gasteiger partial charge on any atom is -0.376 e. The summed E-state index contributed by atoms with van der Waals surface area (Å²) in [5, 5.41) is 3.29. The fourth-order valence-corrected chi connectivity index (χ4v) is 1.87. The molecule has 1 N–H and O–H groups in total. The van der Waals surface area contributed by atoms with Gasteiger partial charge in [0.2, 0.25) is 0 Å². The van der Waals surface area contributed by atoms with Gasteiger partial charge in [-0.15, -0.1) is 0 Å². The van der Waals surface area contributed by atoms with E-state index >= 15 is 0 Å². The first-order chi connectivity index (χ1) is 8.97. The first-order valence-corrected chi connectivity index (χ1v) is 6.05. The fourth-order valence-electron chi connectivity index (χ4n) is 1.55. The maximum Gasteiger partial charge on any atom is 0.152 e. The van der Waals surface area contributed by atoms with Crippen LogP contribution in [0.25, 0.3) is 0 Å². The first kappa shape index (κ1) is 14.0. The minimum atomic E-state index is -0.988. The van der Waals surface area contributed by atoms with Gasteiger partial charge in [0, 0.05) is 18.7 Å². The van der Waals surface area contributed by atoms with E-state index in [0.717, 1.165) is 0 Å². The zero-order chi connectivity index (χ0) is 14.0. The summed E-state index contributed by atoms with van der Waals surface area (Å²) in [4.78, 5) is 0. The Hall–Kier alpha value is -1.39. The molecular weight excluding hydrogens is 298 g/mol. The lowest BCUT2D eigenvalue weighted by atomic mass is 10.2. The monoisotopic (exact) mass is 305 g/mol. The molecule has 100 valence electrons. The Morgan fingerprint density at radius 1 is 0.895 bits per heavy atom. The molecule has 0 atom stereocenters. The molecule has 19 heavy (non-hydrogen) atoms. The molecule has 0 heterocycles. The Bertz CT molecular complexity index is 594. The topological polar surface area (TPSA) is 12.0 Å². The van der Waals surface area contributed by atoms with Gasteiger partial charge in [-0.05, 0) is 17.7 Å². The number of nitrogens with one attached hydrogen (secondary N) is 1. The molecule has 0 unspecified atom stereocenters. The van der Waals surface area contributed by atoms with Gasteiger partial charge in [0.25, 0.3) is 0 Å². The largest absolute Gasteiger partial charge is 0.376 e. The van der Waals surface area contributed by atoms with E-state index in [0.29, 0.717) is 27.7 Å². The number of hydrogen-bond acceptors (Lipinski definition) is 1. The van der Waals surface area contributed by atoms with E-state index in [2.05, 4.69) is 5.32 Å². The van der Waals surface area contributed by atoms with Crippen molar-refractivity contribution in [3.05, 3.63) is 63.4 Å². The van der Waals surface area contributed by atoms with E-state index < -0.39 is 17.5 Å². The lowest BCUT2D eigenvalue weighted by Gasteiger charge is -2.09. The van der Waals surface area contributed by atoms with Gasteiger partial charge < -0.3 is 5.32 Å². The highest BCUT2D eigenvalue weighted by atomic mass is 35.5. The summed E-state index contributed by atoms with van der Waals surface area (Å²) in [6, 6.07) is 6.05. The van der Waals surface area contributed by atoms with Gasteiger partial charge in [0.05, 0.1) is 10.0 Å². The maximum atomic E-state index is 13.4. The third-order valence-corrected chi connectivity index (χ3v) is 3.20. The van der Waals surface area contributed by atoms with Crippen LogP contribution in [0.2, 0.25) is 10.0 Å². The lowest BCUT2D eigenvalue weighted by Crippen LogP contribution is -2.04. The first-order valence-electron chi connectivity index (χ1n) is 5.29. The lowest BCUT2D eigenvalue weighted by molar-refractivity contribution is 0.547. The standard InChI is InChI=1S/C13H8Cl2F3N/c14-9-2-1-7(3-10(9)15)6-19-13-11(17)4-8(16)5-12(13)18/h1-5,19H,6H2. The van der Waals surface area contributed by atoms with E-state index in [1.807, 2.05) is 0 Å². The SMILES string of the molecule is Fc1cc(F)c(NCc2ccc(Cl)c(Cl)c2)c(F)c1. The Morgan fingerprint density at radius 2 is 1.53 bits per heavy atom. The molecule has 0 amide bonds. The van der Waals surface area contributed by atoms with Crippen LogP contribution in [0, 0.1) is 17.5 Å². The average Bonchev–Trinajstić information content (AvgIpc) is 2.32. The van der Waals surface area contributed by atoms with Gasteiger partial charge >= 0.3 is 0 Å². The molecule has 0 aromatic heterocycles. The Labute approximate surface area is 118 Å². The average molecular weight is 306 g/mol. The number of hydrogen-bond donors (Lipinski definition) is 1. The second-order valence-electron chi connectivity index (χ2n) is 3.85. The van der Waals surface area contributed by atoms with Gasteiger partial charge in [0.15, 0.2) is 11.6 Å². The molecule has 2 aromatic rings. The summed E-state index contributed by atoms with van der Waals surface area (Å²) in [5.41, 5.74) is 0.310. The van der Waals surface area contributed by atoms with Crippen molar-refractivity contribution >= 4 is 28.9 Å². The molecule has 2 aromatic carbocycles. The van der Waals surface area contributed by atoms with Crippen molar-refractivity contribution in [1.82, 2.24) is 0 Å². The molecular formula is C13H8Cl2F3N. The number of benzene rings is 2. The predicted molar refractivity (Wildman–Crippen MR) is 70.1 cm³/mol. The molecule has 1 nitrogen and oxygen atoms in total. The third kappa shape index (κ3) is 3.33. The van der Waals surface area contributed by atoms with E-state index in [1.165, 1.54) is 0 Å². The van der Waals surface area contributed by atoms with Crippen LogP contribution in [0.15, 0.2) is 30.3 Å². The molecule has 0 radical (unpaired) electrons. The molecule has 6 heteroatoms. The summed E-state index contributed by atoms with van der Waals surface area (Å²) in [6.45, 7) is 0.135. The van der Waals surface area contributed by atoms with E-state index in [-0.39, 0.29) is 12.2 Å². The van der Waals surface area contributed by atoms with Gasteiger partial charge in [-0.1, -0.05) is 29.3 Å². The molecule has 0 aliphatic rings. The Morgan fingerprint density at radius 3 is 2.11 bits per heavy atom. The number of rotatable bonds is 3. The van der Waals surface area contributed by atoms with Crippen molar-refractivity contribution in [3.63, 3.8) is 0 Å². The fraction of sp³-hybridized carbons (Fsp3) is 0.0769. The van der Waals surface area contributed by atoms with Crippen molar-refractivity contribution < 1.29 is 13.2 Å². The van der Waals surface area contributed by atoms with E-state index in [4.69, 9.17) is 23.2 Å². The van der Waals surface area contributed by atoms with Gasteiger partial charge in [-0.2, -0.15) is 0 Å². The van der Waals surface area contributed by atoms with Crippen molar-refractivity contribution in [1.29, 1.82) is 0 Å². The van der Waals surface area contributed by atoms with Crippen LogP contribution in [0.3, 0.4) is 0 Å². The van der Waals surface area contributed by atoms with Crippen molar-refractivity contribution in [2.45, 2.75) is 6.54 Å². The van der Waals surface area contributed by atoms with Crippen LogP contribution in [0.5, 0.6) is 0 Å². The number of anilines is 1. The normalized spacial score (nSPS) is 10.6. The van der Waals surface area contributed by atoms with Crippen LogP contribution in [0.1, 0.15) is 5.56 Å². The van der Waals surface area contributed by atoms with Crippen LogP contribution in [-0.4, -0.2) is 0 Å². The van der Waals surface area contributed by atoms with Crippen LogP contribution in [-0.2, 0) is 6.54 Å². The zero-order valence-electron chi connectivity index (χ0n) is 9.48. The maximum absolute atomic E-state index is 13.4. The van der Waals surface area contributed by atoms with Gasteiger partial charge in [-0.25, -0.2) is 13.2 Å². The van der Waals surface area contributed by atoms with Crippen molar-refractivity contribution in [2.24, 2.45) is 0 Å². The molecule has 0 saturated carbocycles. The molecule has 0 aliphatic carbocycles. The second kappa shape index (κ2) is 5.72. The zero-order valence-corrected chi connectivity index (χ0v) is 11.0. The number of halogens is 5. The summed E-state index contributed by atoms with van der Waals surface area (Å²) in [7, 11) is 0. The Balaban J connectivity index is 2.16. The van der Waals surface area contributed by atoms with Crippen LogP contribution < -0.4 is 5.32 Å². The molecule has 2 rings (SSSR count). The third-order valence-electron chi connectivity index (χ3n) is 2.46. The highest BCUT2D eigenvalue weighted by Crippen LogP contribution is 2.24. The molecule has 0 saturated heterocycles. The highest BCUT2D eigenvalue weighted by Gasteiger charge is 2.11. The summed E-state index contributed by atoms with van der Waals surface area (Å²) < 4.78 is 39.5.